The van der Waals surface area contributed by atoms with Crippen LogP contribution in [0.2, 0.25) is 10.0 Å². The molecule has 0 atom stereocenters. The van der Waals surface area contributed by atoms with E-state index < -0.39 is 0 Å². The van der Waals surface area contributed by atoms with Crippen LogP contribution in [0.1, 0.15) is 5.82 Å². The lowest BCUT2D eigenvalue weighted by Gasteiger charge is -2.25. The lowest BCUT2D eigenvalue weighted by molar-refractivity contribution is -0.113. The van der Waals surface area contributed by atoms with E-state index in [9.17, 15) is 4.79 Å². The van der Waals surface area contributed by atoms with Gasteiger partial charge in [-0.05, 0) is 12.1 Å². The van der Waals surface area contributed by atoms with Crippen molar-refractivity contribution in [2.45, 2.75) is 11.7 Å². The predicted octanol–water partition coefficient (Wildman–Crippen LogP) is 2.68. The molecular formula is C16H19Cl2N5O2S. The van der Waals surface area contributed by atoms with Crippen molar-refractivity contribution in [1.29, 1.82) is 0 Å². The Balaban J connectivity index is 1.55. The Morgan fingerprint density at radius 3 is 2.65 bits per heavy atom. The first-order chi connectivity index (χ1) is 12.5. The number of anilines is 1. The third-order valence-corrected chi connectivity index (χ3v) is 5.60. The third-order valence-electron chi connectivity index (χ3n) is 3.95. The van der Waals surface area contributed by atoms with E-state index in [-0.39, 0.29) is 11.7 Å². The zero-order chi connectivity index (χ0) is 18.5. The molecule has 1 amide bonds. The van der Waals surface area contributed by atoms with Crippen molar-refractivity contribution in [2.24, 2.45) is 7.05 Å². The van der Waals surface area contributed by atoms with Gasteiger partial charge < -0.3 is 14.6 Å². The van der Waals surface area contributed by atoms with Crippen molar-refractivity contribution in [3.63, 3.8) is 0 Å². The van der Waals surface area contributed by atoms with Crippen LogP contribution in [0.15, 0.2) is 23.4 Å². The highest BCUT2D eigenvalue weighted by molar-refractivity contribution is 7.99. The van der Waals surface area contributed by atoms with Crippen molar-refractivity contribution in [1.82, 2.24) is 19.7 Å². The number of benzene rings is 1. The lowest BCUT2D eigenvalue weighted by Crippen LogP contribution is -2.36. The number of para-hydroxylation sites is 1. The molecule has 0 saturated carbocycles. The maximum Gasteiger partial charge on any atom is 0.234 e. The van der Waals surface area contributed by atoms with Gasteiger partial charge in [0.1, 0.15) is 5.82 Å². The van der Waals surface area contributed by atoms with E-state index >= 15 is 0 Å². The summed E-state index contributed by atoms with van der Waals surface area (Å²) in [5.41, 5.74) is 0.424. The first-order valence-corrected chi connectivity index (χ1v) is 9.84. The largest absolute Gasteiger partial charge is 0.379 e. The van der Waals surface area contributed by atoms with E-state index in [4.69, 9.17) is 27.9 Å². The molecule has 3 rings (SSSR count). The summed E-state index contributed by atoms with van der Waals surface area (Å²) >= 11 is 13.4. The highest BCUT2D eigenvalue weighted by atomic mass is 35.5. The number of morpholine rings is 1. The molecule has 1 aliphatic heterocycles. The molecule has 0 spiro atoms. The number of hydrogen-bond donors (Lipinski definition) is 1. The molecule has 1 aromatic carbocycles. The minimum absolute atomic E-state index is 0.186. The van der Waals surface area contributed by atoms with Gasteiger partial charge in [0.05, 0.1) is 41.2 Å². The van der Waals surface area contributed by atoms with Gasteiger partial charge in [-0.1, -0.05) is 41.0 Å². The minimum Gasteiger partial charge on any atom is -0.379 e. The fraction of sp³-hybridized carbons (Fsp3) is 0.438. The molecule has 7 nitrogen and oxygen atoms in total. The van der Waals surface area contributed by atoms with Crippen molar-refractivity contribution in [2.75, 3.05) is 37.4 Å². The SMILES string of the molecule is Cn1c(CN2CCOCC2)nnc1SCC(=O)Nc1c(Cl)cccc1Cl. The average Bonchev–Trinajstić information content (AvgIpc) is 2.97. The van der Waals surface area contributed by atoms with Crippen LogP contribution in [0.5, 0.6) is 0 Å². The number of halogens is 2. The van der Waals surface area contributed by atoms with Crippen LogP contribution in [0.4, 0.5) is 5.69 Å². The zero-order valence-corrected chi connectivity index (χ0v) is 16.6. The molecule has 26 heavy (non-hydrogen) atoms. The Kier molecular flexibility index (Phi) is 6.77. The van der Waals surface area contributed by atoms with Gasteiger partial charge in [-0.15, -0.1) is 10.2 Å². The topological polar surface area (TPSA) is 72.3 Å². The molecule has 2 heterocycles. The number of rotatable bonds is 6. The lowest BCUT2D eigenvalue weighted by atomic mass is 10.3. The number of nitrogens with one attached hydrogen (secondary N) is 1. The van der Waals surface area contributed by atoms with Gasteiger partial charge >= 0.3 is 0 Å². The summed E-state index contributed by atoms with van der Waals surface area (Å²) in [6.07, 6.45) is 0. The number of hydrogen-bond acceptors (Lipinski definition) is 6. The standard InChI is InChI=1S/C16H19Cl2N5O2S/c1-22-13(9-23-5-7-25-8-6-23)20-21-16(22)26-10-14(24)19-15-11(17)3-2-4-12(15)18/h2-4H,5-10H2,1H3,(H,19,24). The van der Waals surface area contributed by atoms with Gasteiger partial charge in [-0.25, -0.2) is 0 Å². The number of amides is 1. The van der Waals surface area contributed by atoms with Gasteiger partial charge in [-0.3, -0.25) is 9.69 Å². The minimum atomic E-state index is -0.206. The Morgan fingerprint density at radius 2 is 1.96 bits per heavy atom. The molecule has 140 valence electrons. The van der Waals surface area contributed by atoms with Crippen LogP contribution in [-0.4, -0.2) is 57.6 Å². The second-order valence-corrected chi connectivity index (χ2v) is 7.54. The zero-order valence-electron chi connectivity index (χ0n) is 14.2. The van der Waals surface area contributed by atoms with E-state index in [1.165, 1.54) is 11.8 Å². The monoisotopic (exact) mass is 415 g/mol. The van der Waals surface area contributed by atoms with Crippen molar-refractivity contribution >= 4 is 46.6 Å². The summed E-state index contributed by atoms with van der Waals surface area (Å²) < 4.78 is 7.26. The average molecular weight is 416 g/mol. The number of nitrogens with zero attached hydrogens (tertiary/aromatic N) is 4. The fourth-order valence-corrected chi connectivity index (χ4v) is 3.71. The molecule has 0 radical (unpaired) electrons. The quantitative estimate of drug-likeness (QED) is 0.731. The summed E-state index contributed by atoms with van der Waals surface area (Å²) in [6.45, 7) is 3.97. The third kappa shape index (κ3) is 4.89. The molecule has 1 aliphatic rings. The van der Waals surface area contributed by atoms with Crippen LogP contribution in [0, 0.1) is 0 Å². The summed E-state index contributed by atoms with van der Waals surface area (Å²) in [6, 6.07) is 5.08. The van der Waals surface area contributed by atoms with Crippen LogP contribution >= 0.6 is 35.0 Å². The van der Waals surface area contributed by atoms with Gasteiger partial charge in [0.15, 0.2) is 5.16 Å². The fourth-order valence-electron chi connectivity index (χ4n) is 2.49. The summed E-state index contributed by atoms with van der Waals surface area (Å²) in [5, 5.41) is 12.7. The first-order valence-electron chi connectivity index (χ1n) is 8.09. The number of aromatic nitrogens is 3. The van der Waals surface area contributed by atoms with Crippen molar-refractivity contribution < 1.29 is 9.53 Å². The molecule has 10 heteroatoms. The molecule has 1 saturated heterocycles. The summed E-state index contributed by atoms with van der Waals surface area (Å²) in [5.74, 6) is 0.845. The van der Waals surface area contributed by atoms with Crippen molar-refractivity contribution in [3.8, 4) is 0 Å². The summed E-state index contributed by atoms with van der Waals surface area (Å²) in [7, 11) is 1.90. The van der Waals surface area contributed by atoms with Gasteiger partial charge in [0, 0.05) is 20.1 Å². The molecule has 0 aliphatic carbocycles. The molecule has 2 aromatic rings. The molecular weight excluding hydrogens is 397 g/mol. The van der Waals surface area contributed by atoms with Gasteiger partial charge in [0.25, 0.3) is 0 Å². The van der Waals surface area contributed by atoms with E-state index in [1.54, 1.807) is 18.2 Å². The highest BCUT2D eigenvalue weighted by Gasteiger charge is 2.17. The van der Waals surface area contributed by atoms with Gasteiger partial charge in [0.2, 0.25) is 5.91 Å². The predicted molar refractivity (Wildman–Crippen MR) is 103 cm³/mol. The van der Waals surface area contributed by atoms with E-state index in [2.05, 4.69) is 20.4 Å². The van der Waals surface area contributed by atoms with Crippen LogP contribution < -0.4 is 5.32 Å². The van der Waals surface area contributed by atoms with Crippen LogP contribution in [-0.2, 0) is 23.1 Å². The molecule has 0 bridgehead atoms. The normalized spacial score (nSPS) is 15.2. The highest BCUT2D eigenvalue weighted by Crippen LogP contribution is 2.30. The summed E-state index contributed by atoms with van der Waals surface area (Å²) in [4.78, 5) is 14.5. The van der Waals surface area contributed by atoms with Gasteiger partial charge in [-0.2, -0.15) is 0 Å². The Morgan fingerprint density at radius 1 is 1.27 bits per heavy atom. The first kappa shape index (κ1) is 19.4. The number of carbonyl (C=O) groups is 1. The smallest absolute Gasteiger partial charge is 0.234 e. The molecule has 0 unspecified atom stereocenters. The number of thioether (sulfide) groups is 1. The Hall–Kier alpha value is -1.32. The maximum absolute atomic E-state index is 12.2. The second-order valence-electron chi connectivity index (χ2n) is 5.78. The Labute approximate surface area is 166 Å². The second kappa shape index (κ2) is 9.05. The van der Waals surface area contributed by atoms with Crippen molar-refractivity contribution in [3.05, 3.63) is 34.1 Å². The number of carbonyl (C=O) groups excluding carboxylic acids is 1. The molecule has 1 aromatic heterocycles. The van der Waals surface area contributed by atoms with E-state index in [0.29, 0.717) is 20.9 Å². The van der Waals surface area contributed by atoms with E-state index in [1.807, 2.05) is 11.6 Å². The maximum atomic E-state index is 12.2. The van der Waals surface area contributed by atoms with E-state index in [0.717, 1.165) is 38.7 Å². The number of ether oxygens (including phenoxy) is 1. The molecule has 1 fully saturated rings. The van der Waals surface area contributed by atoms with Crippen LogP contribution in [0.3, 0.4) is 0 Å². The Bertz CT molecular complexity index is 760. The van der Waals surface area contributed by atoms with Crippen LogP contribution in [0.25, 0.3) is 0 Å². The molecule has 1 N–H and O–H groups in total.